The maximum atomic E-state index is 12.2. The van der Waals surface area contributed by atoms with Crippen LogP contribution in [0.15, 0.2) is 12.3 Å². The SMILES string of the molecule is CC(C)(C)C(=O)N1CCC(NCc2ccn[nH]2)CC1. The van der Waals surface area contributed by atoms with Gasteiger partial charge in [0.2, 0.25) is 5.91 Å². The normalized spacial score (nSPS) is 17.7. The summed E-state index contributed by atoms with van der Waals surface area (Å²) in [4.78, 5) is 14.2. The lowest BCUT2D eigenvalue weighted by Crippen LogP contribution is -2.48. The number of carbonyl (C=O) groups is 1. The van der Waals surface area contributed by atoms with Gasteiger partial charge in [-0.1, -0.05) is 20.8 Å². The van der Waals surface area contributed by atoms with Crippen molar-refractivity contribution in [1.29, 1.82) is 0 Å². The van der Waals surface area contributed by atoms with Crippen LogP contribution in [0.1, 0.15) is 39.3 Å². The van der Waals surface area contributed by atoms with Crippen LogP contribution >= 0.6 is 0 Å². The first kappa shape index (κ1) is 14.1. The number of H-pyrrole nitrogens is 1. The molecule has 1 aromatic heterocycles. The third-order valence-electron chi connectivity index (χ3n) is 3.56. The standard InChI is InChI=1S/C14H24N4O/c1-14(2,3)13(19)18-8-5-11(6-9-18)15-10-12-4-7-16-17-12/h4,7,11,15H,5-6,8-10H2,1-3H3,(H,16,17). The van der Waals surface area contributed by atoms with Gasteiger partial charge in [-0.25, -0.2) is 0 Å². The van der Waals surface area contributed by atoms with Crippen LogP contribution in [0.2, 0.25) is 0 Å². The highest BCUT2D eigenvalue weighted by Crippen LogP contribution is 2.21. The zero-order valence-electron chi connectivity index (χ0n) is 12.1. The Morgan fingerprint density at radius 1 is 1.47 bits per heavy atom. The summed E-state index contributed by atoms with van der Waals surface area (Å²) in [5.41, 5.74) is 0.837. The Kier molecular flexibility index (Phi) is 4.24. The Hall–Kier alpha value is -1.36. The van der Waals surface area contributed by atoms with E-state index in [0.717, 1.165) is 38.2 Å². The molecule has 0 saturated carbocycles. The molecule has 0 atom stereocenters. The van der Waals surface area contributed by atoms with Crippen molar-refractivity contribution >= 4 is 5.91 Å². The Bertz CT molecular complexity index is 400. The molecule has 1 amide bonds. The van der Waals surface area contributed by atoms with Gasteiger partial charge in [-0.2, -0.15) is 5.10 Å². The topological polar surface area (TPSA) is 61.0 Å². The molecule has 5 heteroatoms. The van der Waals surface area contributed by atoms with Gasteiger partial charge in [0.15, 0.2) is 0 Å². The summed E-state index contributed by atoms with van der Waals surface area (Å²) in [6.45, 7) is 8.49. The zero-order chi connectivity index (χ0) is 13.9. The summed E-state index contributed by atoms with van der Waals surface area (Å²) >= 11 is 0. The van der Waals surface area contributed by atoms with Gasteiger partial charge in [0.05, 0.1) is 0 Å². The van der Waals surface area contributed by atoms with Crippen molar-refractivity contribution in [1.82, 2.24) is 20.4 Å². The molecule has 0 aliphatic carbocycles. The van der Waals surface area contributed by atoms with E-state index < -0.39 is 0 Å². The van der Waals surface area contributed by atoms with E-state index in [0.29, 0.717) is 6.04 Å². The number of hydrogen-bond donors (Lipinski definition) is 2. The maximum absolute atomic E-state index is 12.2. The second-order valence-electron chi connectivity index (χ2n) is 6.28. The third-order valence-corrected chi connectivity index (χ3v) is 3.56. The molecule has 5 nitrogen and oxygen atoms in total. The van der Waals surface area contributed by atoms with Gasteiger partial charge in [0.1, 0.15) is 0 Å². The average Bonchev–Trinajstić information content (AvgIpc) is 2.88. The Morgan fingerprint density at radius 2 is 2.16 bits per heavy atom. The molecular weight excluding hydrogens is 240 g/mol. The molecule has 0 spiro atoms. The van der Waals surface area contributed by atoms with Crippen LogP contribution < -0.4 is 5.32 Å². The molecule has 2 heterocycles. The van der Waals surface area contributed by atoms with E-state index in [1.165, 1.54) is 0 Å². The van der Waals surface area contributed by atoms with Crippen molar-refractivity contribution in [2.75, 3.05) is 13.1 Å². The van der Waals surface area contributed by atoms with Crippen LogP contribution in [0.3, 0.4) is 0 Å². The van der Waals surface area contributed by atoms with Crippen LogP contribution in [0, 0.1) is 5.41 Å². The summed E-state index contributed by atoms with van der Waals surface area (Å²) in [5, 5.41) is 10.4. The quantitative estimate of drug-likeness (QED) is 0.870. The molecule has 0 bridgehead atoms. The molecule has 0 unspecified atom stereocenters. The summed E-state index contributed by atoms with van der Waals surface area (Å²) in [6.07, 6.45) is 3.81. The van der Waals surface area contributed by atoms with E-state index in [2.05, 4.69) is 15.5 Å². The van der Waals surface area contributed by atoms with Crippen molar-refractivity contribution in [2.45, 2.75) is 46.2 Å². The van der Waals surface area contributed by atoms with E-state index in [1.54, 1.807) is 6.20 Å². The first-order valence-electron chi connectivity index (χ1n) is 6.98. The third kappa shape index (κ3) is 3.80. The Balaban J connectivity index is 1.75. The van der Waals surface area contributed by atoms with Gasteiger partial charge in [-0.3, -0.25) is 9.89 Å². The fourth-order valence-corrected chi connectivity index (χ4v) is 2.40. The molecule has 1 aromatic rings. The predicted octanol–water partition coefficient (Wildman–Crippen LogP) is 1.54. The lowest BCUT2D eigenvalue weighted by atomic mass is 9.93. The van der Waals surface area contributed by atoms with Crippen LogP contribution in [0.5, 0.6) is 0 Å². The highest BCUT2D eigenvalue weighted by atomic mass is 16.2. The largest absolute Gasteiger partial charge is 0.342 e. The van der Waals surface area contributed by atoms with Crippen molar-refractivity contribution in [3.05, 3.63) is 18.0 Å². The Labute approximate surface area is 114 Å². The van der Waals surface area contributed by atoms with Gasteiger partial charge in [-0.05, 0) is 18.9 Å². The van der Waals surface area contributed by atoms with Gasteiger partial charge < -0.3 is 10.2 Å². The second kappa shape index (κ2) is 5.74. The van der Waals surface area contributed by atoms with E-state index >= 15 is 0 Å². The van der Waals surface area contributed by atoms with E-state index in [9.17, 15) is 4.79 Å². The van der Waals surface area contributed by atoms with Gasteiger partial charge in [0, 0.05) is 43.0 Å². The summed E-state index contributed by atoms with van der Waals surface area (Å²) in [5.74, 6) is 0.263. The molecule has 1 aliphatic rings. The molecule has 1 aliphatic heterocycles. The van der Waals surface area contributed by atoms with E-state index in [1.807, 2.05) is 31.7 Å². The number of carbonyl (C=O) groups excluding carboxylic acids is 1. The van der Waals surface area contributed by atoms with E-state index in [-0.39, 0.29) is 11.3 Å². The van der Waals surface area contributed by atoms with Crippen LogP contribution in [-0.2, 0) is 11.3 Å². The van der Waals surface area contributed by atoms with Crippen LogP contribution in [-0.4, -0.2) is 40.1 Å². The number of rotatable bonds is 3. The molecule has 2 rings (SSSR count). The number of nitrogens with zero attached hydrogens (tertiary/aromatic N) is 2. The minimum absolute atomic E-state index is 0.263. The van der Waals surface area contributed by atoms with Crippen molar-refractivity contribution in [3.8, 4) is 0 Å². The van der Waals surface area contributed by atoms with Crippen molar-refractivity contribution < 1.29 is 4.79 Å². The molecule has 0 radical (unpaired) electrons. The van der Waals surface area contributed by atoms with Crippen LogP contribution in [0.25, 0.3) is 0 Å². The summed E-state index contributed by atoms with van der Waals surface area (Å²) in [7, 11) is 0. The number of likely N-dealkylation sites (tertiary alicyclic amines) is 1. The minimum Gasteiger partial charge on any atom is -0.342 e. The highest BCUT2D eigenvalue weighted by molar-refractivity contribution is 5.81. The molecule has 2 N–H and O–H groups in total. The number of aromatic amines is 1. The van der Waals surface area contributed by atoms with E-state index in [4.69, 9.17) is 0 Å². The van der Waals surface area contributed by atoms with Gasteiger partial charge >= 0.3 is 0 Å². The fourth-order valence-electron chi connectivity index (χ4n) is 2.40. The van der Waals surface area contributed by atoms with Crippen molar-refractivity contribution in [2.24, 2.45) is 5.41 Å². The minimum atomic E-state index is -0.268. The van der Waals surface area contributed by atoms with Gasteiger partial charge in [0.25, 0.3) is 0 Å². The lowest BCUT2D eigenvalue weighted by molar-refractivity contribution is -0.140. The number of aromatic nitrogens is 2. The monoisotopic (exact) mass is 264 g/mol. The van der Waals surface area contributed by atoms with Crippen molar-refractivity contribution in [3.63, 3.8) is 0 Å². The number of piperidine rings is 1. The lowest BCUT2D eigenvalue weighted by Gasteiger charge is -2.36. The second-order valence-corrected chi connectivity index (χ2v) is 6.28. The number of nitrogens with one attached hydrogen (secondary N) is 2. The molecule has 106 valence electrons. The fraction of sp³-hybridized carbons (Fsp3) is 0.714. The maximum Gasteiger partial charge on any atom is 0.227 e. The summed E-state index contributed by atoms with van der Waals surface area (Å²) in [6, 6.07) is 2.47. The molecule has 1 saturated heterocycles. The average molecular weight is 264 g/mol. The number of hydrogen-bond acceptors (Lipinski definition) is 3. The Morgan fingerprint density at radius 3 is 2.68 bits per heavy atom. The summed E-state index contributed by atoms with van der Waals surface area (Å²) < 4.78 is 0. The molecular formula is C14H24N4O. The predicted molar refractivity (Wildman–Crippen MR) is 74.5 cm³/mol. The first-order valence-corrected chi connectivity index (χ1v) is 6.98. The first-order chi connectivity index (χ1) is 8.97. The highest BCUT2D eigenvalue weighted by Gasteiger charge is 2.30. The molecule has 19 heavy (non-hydrogen) atoms. The van der Waals surface area contributed by atoms with Gasteiger partial charge in [-0.15, -0.1) is 0 Å². The molecule has 0 aromatic carbocycles. The van der Waals surface area contributed by atoms with Crippen LogP contribution in [0.4, 0.5) is 0 Å². The zero-order valence-corrected chi connectivity index (χ0v) is 12.1. The molecule has 1 fully saturated rings. The smallest absolute Gasteiger partial charge is 0.227 e. The number of amides is 1.